The van der Waals surface area contributed by atoms with Gasteiger partial charge in [-0.3, -0.25) is 4.98 Å². The molecule has 2 N–H and O–H groups in total. The van der Waals surface area contributed by atoms with E-state index in [0.29, 0.717) is 30.8 Å². The minimum atomic E-state index is 0.242. The number of imidazole rings is 1. The quantitative estimate of drug-likeness (QED) is 0.703. The molecule has 0 saturated carbocycles. The van der Waals surface area contributed by atoms with Crippen molar-refractivity contribution in [3.05, 3.63) is 42.0 Å². The highest BCUT2D eigenvalue weighted by molar-refractivity contribution is 5.64. The van der Waals surface area contributed by atoms with Gasteiger partial charge in [0, 0.05) is 25.5 Å². The molecule has 0 radical (unpaired) electrons. The van der Waals surface area contributed by atoms with Crippen LogP contribution in [-0.2, 0) is 11.3 Å². The fourth-order valence-corrected chi connectivity index (χ4v) is 2.99. The van der Waals surface area contributed by atoms with Crippen LogP contribution >= 0.6 is 0 Å². The zero-order valence-electron chi connectivity index (χ0n) is 15.0. The van der Waals surface area contributed by atoms with Crippen LogP contribution in [0.1, 0.15) is 37.4 Å². The van der Waals surface area contributed by atoms with Gasteiger partial charge in [-0.2, -0.15) is 4.98 Å². The molecule has 1 atom stereocenters. The van der Waals surface area contributed by atoms with Crippen molar-refractivity contribution < 1.29 is 4.74 Å². The van der Waals surface area contributed by atoms with Gasteiger partial charge in [-0.1, -0.05) is 13.8 Å². The Hall–Kier alpha value is -2.74. The normalized spacial score (nSPS) is 17.1. The van der Waals surface area contributed by atoms with Crippen molar-refractivity contribution in [2.24, 2.45) is 0 Å². The van der Waals surface area contributed by atoms with Crippen molar-refractivity contribution >= 4 is 17.4 Å². The summed E-state index contributed by atoms with van der Waals surface area (Å²) in [4.78, 5) is 13.3. The molecule has 1 aliphatic rings. The Balaban J connectivity index is 1.66. The highest BCUT2D eigenvalue weighted by Gasteiger charge is 2.19. The molecule has 4 rings (SSSR count). The van der Waals surface area contributed by atoms with Crippen LogP contribution < -0.4 is 10.6 Å². The van der Waals surface area contributed by atoms with Gasteiger partial charge in [0.2, 0.25) is 5.95 Å². The highest BCUT2D eigenvalue weighted by Crippen LogP contribution is 2.22. The number of ether oxygens (including phenoxy) is 1. The molecule has 3 aromatic heterocycles. The number of fused-ring (bicyclic) bond motifs is 1. The Labute approximate surface area is 152 Å². The van der Waals surface area contributed by atoms with Crippen LogP contribution in [0, 0.1) is 0 Å². The summed E-state index contributed by atoms with van der Waals surface area (Å²) >= 11 is 0. The molecule has 0 bridgehead atoms. The number of nitrogens with zero attached hydrogens (tertiary/aromatic N) is 5. The van der Waals surface area contributed by atoms with Crippen LogP contribution in [0.3, 0.4) is 0 Å². The van der Waals surface area contributed by atoms with E-state index >= 15 is 0 Å². The van der Waals surface area contributed by atoms with E-state index < -0.39 is 0 Å². The van der Waals surface area contributed by atoms with Gasteiger partial charge in [0.25, 0.3) is 0 Å². The standard InChI is InChI=1S/C18H23N7O/c1-12(2)15-10-21-17-16(20-9-13-3-6-19-7-4-13)23-18(24-25(15)17)22-14-5-8-26-11-14/h3-4,6-7,10,12,14H,5,8-9,11H2,1-2H3,(H2,20,22,23,24)/t14-/m1/s1. The summed E-state index contributed by atoms with van der Waals surface area (Å²) < 4.78 is 7.32. The number of nitrogens with one attached hydrogen (secondary N) is 2. The van der Waals surface area contributed by atoms with Crippen LogP contribution in [0.4, 0.5) is 11.8 Å². The van der Waals surface area contributed by atoms with Gasteiger partial charge in [0.05, 0.1) is 24.5 Å². The monoisotopic (exact) mass is 353 g/mol. The molecule has 3 aromatic rings. The third-order valence-corrected chi connectivity index (χ3v) is 4.45. The Bertz CT molecular complexity index is 872. The van der Waals surface area contributed by atoms with Gasteiger partial charge in [0.1, 0.15) is 0 Å². The first kappa shape index (κ1) is 16.7. The van der Waals surface area contributed by atoms with E-state index in [-0.39, 0.29) is 6.04 Å². The average Bonchev–Trinajstić information content (AvgIpc) is 3.30. The second-order valence-corrected chi connectivity index (χ2v) is 6.77. The molecule has 1 fully saturated rings. The van der Waals surface area contributed by atoms with Crippen molar-refractivity contribution in [3.63, 3.8) is 0 Å². The lowest BCUT2D eigenvalue weighted by atomic mass is 10.2. The maximum Gasteiger partial charge on any atom is 0.243 e. The fourth-order valence-electron chi connectivity index (χ4n) is 2.99. The van der Waals surface area contributed by atoms with E-state index in [2.05, 4.69) is 44.5 Å². The van der Waals surface area contributed by atoms with E-state index in [1.807, 2.05) is 22.8 Å². The predicted octanol–water partition coefficient (Wildman–Crippen LogP) is 2.46. The van der Waals surface area contributed by atoms with E-state index in [9.17, 15) is 0 Å². The molecule has 0 aromatic carbocycles. The molecule has 136 valence electrons. The first-order valence-corrected chi connectivity index (χ1v) is 8.93. The molecule has 8 nitrogen and oxygen atoms in total. The molecular formula is C18H23N7O. The fraction of sp³-hybridized carbons (Fsp3) is 0.444. The molecule has 0 spiro atoms. The summed E-state index contributed by atoms with van der Waals surface area (Å²) in [6.45, 7) is 6.36. The second kappa shape index (κ2) is 7.25. The lowest BCUT2D eigenvalue weighted by molar-refractivity contribution is 0.195. The summed E-state index contributed by atoms with van der Waals surface area (Å²) in [5, 5.41) is 11.4. The third-order valence-electron chi connectivity index (χ3n) is 4.45. The highest BCUT2D eigenvalue weighted by atomic mass is 16.5. The van der Waals surface area contributed by atoms with Crippen molar-refractivity contribution in [3.8, 4) is 0 Å². The maximum atomic E-state index is 5.44. The molecule has 1 aliphatic heterocycles. The minimum Gasteiger partial charge on any atom is -0.379 e. The summed E-state index contributed by atoms with van der Waals surface area (Å²) in [6.07, 6.45) is 6.40. The van der Waals surface area contributed by atoms with Crippen LogP contribution in [0.5, 0.6) is 0 Å². The molecule has 8 heteroatoms. The molecule has 1 saturated heterocycles. The summed E-state index contributed by atoms with van der Waals surface area (Å²) in [7, 11) is 0. The SMILES string of the molecule is CC(C)c1cnc2c(NCc3ccncc3)nc(N[C@@H]3CCOC3)nn12. The summed E-state index contributed by atoms with van der Waals surface area (Å²) in [6, 6.07) is 4.20. The number of anilines is 2. The van der Waals surface area contributed by atoms with Crippen molar-refractivity contribution in [1.82, 2.24) is 24.6 Å². The Morgan fingerprint density at radius 1 is 1.31 bits per heavy atom. The molecule has 0 amide bonds. The maximum absolute atomic E-state index is 5.44. The van der Waals surface area contributed by atoms with Crippen molar-refractivity contribution in [2.75, 3.05) is 23.8 Å². The smallest absolute Gasteiger partial charge is 0.243 e. The zero-order chi connectivity index (χ0) is 17.9. The first-order valence-electron chi connectivity index (χ1n) is 8.93. The first-order chi connectivity index (χ1) is 12.7. The van der Waals surface area contributed by atoms with Crippen LogP contribution in [0.2, 0.25) is 0 Å². The van der Waals surface area contributed by atoms with Gasteiger partial charge in [-0.05, 0) is 30.0 Å². The van der Waals surface area contributed by atoms with E-state index in [0.717, 1.165) is 29.9 Å². The zero-order valence-corrected chi connectivity index (χ0v) is 15.0. The van der Waals surface area contributed by atoms with Crippen LogP contribution in [-0.4, -0.2) is 43.8 Å². The molecule has 0 unspecified atom stereocenters. The predicted molar refractivity (Wildman–Crippen MR) is 99.3 cm³/mol. The van der Waals surface area contributed by atoms with Gasteiger partial charge in [0.15, 0.2) is 11.5 Å². The Morgan fingerprint density at radius 3 is 2.88 bits per heavy atom. The number of pyridine rings is 1. The largest absolute Gasteiger partial charge is 0.379 e. The second-order valence-electron chi connectivity index (χ2n) is 6.77. The average molecular weight is 353 g/mol. The topological polar surface area (TPSA) is 89.3 Å². The lowest BCUT2D eigenvalue weighted by Gasteiger charge is -2.14. The Kier molecular flexibility index (Phi) is 4.66. The molecular weight excluding hydrogens is 330 g/mol. The van der Waals surface area contributed by atoms with Crippen molar-refractivity contribution in [1.29, 1.82) is 0 Å². The van der Waals surface area contributed by atoms with E-state index in [1.54, 1.807) is 12.4 Å². The van der Waals surface area contributed by atoms with Crippen LogP contribution in [0.25, 0.3) is 5.65 Å². The van der Waals surface area contributed by atoms with Gasteiger partial charge in [-0.15, -0.1) is 5.10 Å². The third kappa shape index (κ3) is 3.45. The van der Waals surface area contributed by atoms with E-state index in [4.69, 9.17) is 4.74 Å². The number of rotatable bonds is 6. The number of hydrogen-bond acceptors (Lipinski definition) is 7. The summed E-state index contributed by atoms with van der Waals surface area (Å²) in [5.41, 5.74) is 2.92. The van der Waals surface area contributed by atoms with Gasteiger partial charge < -0.3 is 15.4 Å². The number of aromatic nitrogens is 5. The molecule has 26 heavy (non-hydrogen) atoms. The number of hydrogen-bond donors (Lipinski definition) is 2. The van der Waals surface area contributed by atoms with Gasteiger partial charge in [-0.25, -0.2) is 9.50 Å². The minimum absolute atomic E-state index is 0.242. The molecule has 0 aliphatic carbocycles. The summed E-state index contributed by atoms with van der Waals surface area (Å²) in [5.74, 6) is 1.62. The Morgan fingerprint density at radius 2 is 2.15 bits per heavy atom. The van der Waals surface area contributed by atoms with Crippen molar-refractivity contribution in [2.45, 2.75) is 38.8 Å². The van der Waals surface area contributed by atoms with Gasteiger partial charge >= 0.3 is 0 Å². The van der Waals surface area contributed by atoms with E-state index in [1.165, 1.54) is 0 Å². The molecule has 4 heterocycles. The lowest BCUT2D eigenvalue weighted by Crippen LogP contribution is -2.22. The van der Waals surface area contributed by atoms with Crippen LogP contribution in [0.15, 0.2) is 30.7 Å².